The van der Waals surface area contributed by atoms with Gasteiger partial charge in [0.1, 0.15) is 0 Å². The Balaban J connectivity index is 1.46. The molecule has 0 saturated heterocycles. The summed E-state index contributed by atoms with van der Waals surface area (Å²) in [6.45, 7) is 0. The van der Waals surface area contributed by atoms with Crippen LogP contribution in [0.4, 0.5) is 0 Å². The van der Waals surface area contributed by atoms with E-state index >= 15 is 0 Å². The van der Waals surface area contributed by atoms with Gasteiger partial charge >= 0.3 is 0 Å². The van der Waals surface area contributed by atoms with E-state index in [4.69, 9.17) is 4.98 Å². The topological polar surface area (TPSA) is 45.5 Å². The van der Waals surface area contributed by atoms with Crippen LogP contribution in [0, 0.1) is 11.3 Å². The first kappa shape index (κ1) is 19.7. The molecule has 0 bridgehead atoms. The third-order valence-electron chi connectivity index (χ3n) is 8.00. The minimum atomic E-state index is 0.680. The predicted molar refractivity (Wildman–Crippen MR) is 155 cm³/mol. The zero-order valence-corrected chi connectivity index (χ0v) is 20.2. The molecule has 0 fully saturated rings. The van der Waals surface area contributed by atoms with Gasteiger partial charge in [0.2, 0.25) is 5.78 Å². The third-order valence-corrected chi connectivity index (χ3v) is 8.00. The number of nitriles is 1. The van der Waals surface area contributed by atoms with E-state index in [-0.39, 0.29) is 0 Å². The highest BCUT2D eigenvalue weighted by atomic mass is 15.2. The van der Waals surface area contributed by atoms with Crippen molar-refractivity contribution in [2.24, 2.45) is 0 Å². The molecule has 6 aromatic carbocycles. The van der Waals surface area contributed by atoms with Crippen LogP contribution in [0.5, 0.6) is 0 Å². The van der Waals surface area contributed by atoms with Crippen molar-refractivity contribution in [2.75, 3.05) is 0 Å². The fourth-order valence-electron chi connectivity index (χ4n) is 6.25. The fourth-order valence-corrected chi connectivity index (χ4v) is 6.25. The van der Waals surface area contributed by atoms with Gasteiger partial charge in [-0.15, -0.1) is 0 Å². The van der Waals surface area contributed by atoms with Gasteiger partial charge in [0.15, 0.2) is 0 Å². The SMILES string of the molecule is N#Cc1ccc2cc(-c3cc4c5cc6ccccc6cc5n5c4c(c3)n3c4ccccc4nc35)ccc2c1. The number of rotatable bonds is 1. The predicted octanol–water partition coefficient (Wildman–Crippen LogP) is 8.33. The number of nitrogens with zero attached hydrogens (tertiary/aromatic N) is 4. The highest BCUT2D eigenvalue weighted by Crippen LogP contribution is 2.41. The third kappa shape index (κ3) is 2.45. The molecule has 0 spiro atoms. The van der Waals surface area contributed by atoms with Crippen LogP contribution in [0.1, 0.15) is 5.56 Å². The minimum Gasteiger partial charge on any atom is -0.277 e. The Labute approximate surface area is 216 Å². The average molecular weight is 483 g/mol. The smallest absolute Gasteiger partial charge is 0.220 e. The van der Waals surface area contributed by atoms with Crippen LogP contribution in [0.2, 0.25) is 0 Å². The van der Waals surface area contributed by atoms with Crippen molar-refractivity contribution >= 4 is 65.7 Å². The second-order valence-electron chi connectivity index (χ2n) is 10.1. The van der Waals surface area contributed by atoms with Gasteiger partial charge in [-0.2, -0.15) is 5.26 Å². The second kappa shape index (κ2) is 6.88. The number of para-hydroxylation sites is 2. The van der Waals surface area contributed by atoms with Crippen molar-refractivity contribution in [1.82, 2.24) is 13.8 Å². The van der Waals surface area contributed by atoms with Gasteiger partial charge in [0, 0.05) is 10.8 Å². The van der Waals surface area contributed by atoms with Crippen molar-refractivity contribution in [1.29, 1.82) is 5.26 Å². The van der Waals surface area contributed by atoms with Crippen LogP contribution < -0.4 is 0 Å². The molecule has 9 aromatic rings. The first-order chi connectivity index (χ1) is 18.8. The molecule has 38 heavy (non-hydrogen) atoms. The lowest BCUT2D eigenvalue weighted by molar-refractivity contribution is 1.22. The lowest BCUT2D eigenvalue weighted by Crippen LogP contribution is -1.85. The highest BCUT2D eigenvalue weighted by Gasteiger charge is 2.22. The van der Waals surface area contributed by atoms with Crippen LogP contribution in [0.25, 0.3) is 76.8 Å². The molecule has 4 heteroatoms. The normalized spacial score (nSPS) is 12.2. The van der Waals surface area contributed by atoms with E-state index in [0.717, 1.165) is 44.2 Å². The molecule has 0 aliphatic carbocycles. The molecular formula is C34H18N4. The molecule has 0 radical (unpaired) electrons. The van der Waals surface area contributed by atoms with Crippen molar-refractivity contribution in [3.63, 3.8) is 0 Å². The van der Waals surface area contributed by atoms with Gasteiger partial charge in [0.25, 0.3) is 0 Å². The Morgan fingerprint density at radius 3 is 2.21 bits per heavy atom. The van der Waals surface area contributed by atoms with E-state index in [2.05, 4.69) is 99.8 Å². The molecule has 0 saturated carbocycles. The molecular weight excluding hydrogens is 464 g/mol. The maximum atomic E-state index is 9.30. The number of benzene rings is 6. The molecule has 4 nitrogen and oxygen atoms in total. The quantitative estimate of drug-likeness (QED) is 0.236. The number of hydrogen-bond donors (Lipinski definition) is 0. The molecule has 0 aliphatic heterocycles. The second-order valence-corrected chi connectivity index (χ2v) is 10.1. The molecule has 0 N–H and O–H groups in total. The van der Waals surface area contributed by atoms with Gasteiger partial charge in [-0.1, -0.05) is 54.6 Å². The van der Waals surface area contributed by atoms with E-state index in [1.165, 1.54) is 32.6 Å². The number of hydrogen-bond acceptors (Lipinski definition) is 2. The lowest BCUT2D eigenvalue weighted by atomic mass is 9.98. The summed E-state index contributed by atoms with van der Waals surface area (Å²) in [5.41, 5.74) is 8.63. The van der Waals surface area contributed by atoms with E-state index in [9.17, 15) is 5.26 Å². The van der Waals surface area contributed by atoms with Crippen LogP contribution in [0.15, 0.2) is 109 Å². The summed E-state index contributed by atoms with van der Waals surface area (Å²) in [6, 6.07) is 40.8. The van der Waals surface area contributed by atoms with E-state index < -0.39 is 0 Å². The van der Waals surface area contributed by atoms with Gasteiger partial charge in [-0.3, -0.25) is 8.80 Å². The van der Waals surface area contributed by atoms with Gasteiger partial charge in [-0.25, -0.2) is 4.98 Å². The molecule has 0 aliphatic rings. The molecule has 9 rings (SSSR count). The Bertz CT molecular complexity index is 2470. The molecule has 3 aromatic heterocycles. The summed E-state index contributed by atoms with van der Waals surface area (Å²) < 4.78 is 4.63. The van der Waals surface area contributed by atoms with E-state index in [1.807, 2.05) is 24.3 Å². The minimum absolute atomic E-state index is 0.680. The molecule has 0 amide bonds. The molecule has 3 heterocycles. The van der Waals surface area contributed by atoms with Gasteiger partial charge < -0.3 is 0 Å². The summed E-state index contributed by atoms with van der Waals surface area (Å²) in [5.74, 6) is 0.941. The Morgan fingerprint density at radius 1 is 0.553 bits per heavy atom. The zero-order chi connectivity index (χ0) is 25.0. The summed E-state index contributed by atoms with van der Waals surface area (Å²) >= 11 is 0. The van der Waals surface area contributed by atoms with E-state index in [0.29, 0.717) is 5.56 Å². The number of imidazole rings is 2. The average Bonchev–Trinajstić information content (AvgIpc) is 3.60. The first-order valence-electron chi connectivity index (χ1n) is 12.7. The Morgan fingerprint density at radius 2 is 1.32 bits per heavy atom. The largest absolute Gasteiger partial charge is 0.277 e. The number of fused-ring (bicyclic) bond motifs is 10. The molecule has 0 unspecified atom stereocenters. The van der Waals surface area contributed by atoms with Gasteiger partial charge in [-0.05, 0) is 87.3 Å². The zero-order valence-electron chi connectivity index (χ0n) is 20.2. The highest BCUT2D eigenvalue weighted by molar-refractivity contribution is 6.19. The lowest BCUT2D eigenvalue weighted by Gasteiger charge is -2.07. The summed E-state index contributed by atoms with van der Waals surface area (Å²) in [6.07, 6.45) is 0. The van der Waals surface area contributed by atoms with Crippen molar-refractivity contribution < 1.29 is 0 Å². The molecule has 174 valence electrons. The maximum absolute atomic E-state index is 9.30. The Kier molecular flexibility index (Phi) is 3.57. The summed E-state index contributed by atoms with van der Waals surface area (Å²) in [5, 5.41) is 16.4. The van der Waals surface area contributed by atoms with Crippen LogP contribution in [0.3, 0.4) is 0 Å². The van der Waals surface area contributed by atoms with Crippen LogP contribution in [-0.4, -0.2) is 13.8 Å². The van der Waals surface area contributed by atoms with Crippen molar-refractivity contribution in [3.05, 3.63) is 115 Å². The van der Waals surface area contributed by atoms with Crippen molar-refractivity contribution in [2.45, 2.75) is 0 Å². The maximum Gasteiger partial charge on any atom is 0.220 e. The summed E-state index contributed by atoms with van der Waals surface area (Å²) in [4.78, 5) is 5.09. The van der Waals surface area contributed by atoms with Crippen LogP contribution >= 0.6 is 0 Å². The van der Waals surface area contributed by atoms with E-state index in [1.54, 1.807) is 0 Å². The molecule has 0 atom stereocenters. The Hall–Kier alpha value is -5.40. The van der Waals surface area contributed by atoms with Crippen LogP contribution in [-0.2, 0) is 0 Å². The summed E-state index contributed by atoms with van der Waals surface area (Å²) in [7, 11) is 0. The standard InChI is InChI=1S/C34H18N4/c35-19-20-9-10-24-14-25(12-11-23(24)13-20)26-16-28-27-15-21-5-1-2-6-22(21)17-31(27)38-33(28)32(18-26)37-30-8-4-3-7-29(30)36-34(37)38/h1-18H. The first-order valence-corrected chi connectivity index (χ1v) is 12.7. The fraction of sp³-hybridized carbons (Fsp3) is 0. The monoisotopic (exact) mass is 482 g/mol. The van der Waals surface area contributed by atoms with Gasteiger partial charge in [0.05, 0.1) is 39.2 Å². The number of aromatic nitrogens is 3. The van der Waals surface area contributed by atoms with Crippen molar-refractivity contribution in [3.8, 4) is 17.2 Å².